The van der Waals surface area contributed by atoms with E-state index >= 15 is 0 Å². The molecule has 0 amide bonds. The average Bonchev–Trinajstić information content (AvgIpc) is 3.32. The van der Waals surface area contributed by atoms with Gasteiger partial charge in [-0.25, -0.2) is 19.9 Å². The summed E-state index contributed by atoms with van der Waals surface area (Å²) >= 11 is 0. The Kier molecular flexibility index (Phi) is 7.03. The number of nitrogens with zero attached hydrogens (tertiary/aromatic N) is 8. The van der Waals surface area contributed by atoms with Crippen LogP contribution in [0.5, 0.6) is 0 Å². The van der Waals surface area contributed by atoms with Crippen molar-refractivity contribution in [1.29, 1.82) is 0 Å². The number of anilines is 12. The molecule has 0 aliphatic carbocycles. The van der Waals surface area contributed by atoms with E-state index in [1.165, 1.54) is 10.9 Å². The van der Waals surface area contributed by atoms with Gasteiger partial charge < -0.3 is 4.90 Å². The maximum absolute atomic E-state index is 5.92. The maximum Gasteiger partial charge on any atom is 0.260 e. The van der Waals surface area contributed by atoms with E-state index in [0.717, 1.165) is 90.6 Å². The minimum absolute atomic E-state index is 0.101. The summed E-state index contributed by atoms with van der Waals surface area (Å²) in [6.07, 6.45) is 5.56. The second-order valence-corrected chi connectivity index (χ2v) is 15.5. The van der Waals surface area contributed by atoms with Crippen molar-refractivity contribution in [2.24, 2.45) is 0 Å². The highest BCUT2D eigenvalue weighted by Crippen LogP contribution is 2.46. The molecule has 7 heterocycles. The smallest absolute Gasteiger partial charge is 0.260 e. The van der Waals surface area contributed by atoms with E-state index < -0.39 is 0 Å². The lowest BCUT2D eigenvalue weighted by molar-refractivity contribution is 1.09. The van der Waals surface area contributed by atoms with Crippen molar-refractivity contribution < 1.29 is 0 Å². The van der Waals surface area contributed by atoms with E-state index in [1.54, 1.807) is 6.33 Å². The summed E-state index contributed by atoms with van der Waals surface area (Å²) < 4.78 is 0. The molecule has 0 unspecified atom stereocenters. The number of fused-ring (bicyclic) bond motifs is 8. The molecule has 0 fully saturated rings. The molecule has 3 aromatic heterocycles. The van der Waals surface area contributed by atoms with Gasteiger partial charge >= 0.3 is 0 Å². The standard InChI is InChI=1S/C50H32B2N8/c1-5-16-33(17-6-1)57-41-25-14-13-24-37(41)51-38-30-39-49(56-48(38)59(35-20-9-3-10-21-35)43-27-15-26-42(57)45(43)51)60(36-22-11-4-12-23-36)50-46-44(28-29-54-50)58(34-18-7-2-8-19-34)47-40(52(39)46)31-53-32-55-47/h1-32H. The van der Waals surface area contributed by atoms with Crippen LogP contribution in [0.25, 0.3) is 0 Å². The van der Waals surface area contributed by atoms with Crippen LogP contribution in [0.3, 0.4) is 0 Å². The van der Waals surface area contributed by atoms with E-state index in [-0.39, 0.29) is 13.4 Å². The topological polar surface area (TPSA) is 64.5 Å². The molecule has 0 radical (unpaired) electrons. The summed E-state index contributed by atoms with van der Waals surface area (Å²) in [6.45, 7) is -0.343. The first-order valence-electron chi connectivity index (χ1n) is 20.3. The zero-order valence-corrected chi connectivity index (χ0v) is 32.2. The largest absolute Gasteiger partial charge is 0.311 e. The summed E-state index contributed by atoms with van der Waals surface area (Å²) in [6, 6.07) is 62.5. The minimum Gasteiger partial charge on any atom is -0.311 e. The Labute approximate surface area is 347 Å². The molecule has 0 atom stereocenters. The van der Waals surface area contributed by atoms with Crippen molar-refractivity contribution in [2.75, 3.05) is 19.6 Å². The van der Waals surface area contributed by atoms with Gasteiger partial charge in [0.25, 0.3) is 13.4 Å². The Hall–Kier alpha value is -7.97. The second-order valence-electron chi connectivity index (χ2n) is 15.5. The van der Waals surface area contributed by atoms with Gasteiger partial charge in [-0.05, 0) is 106 Å². The molecule has 4 aliphatic rings. The van der Waals surface area contributed by atoms with Crippen LogP contribution >= 0.6 is 0 Å². The van der Waals surface area contributed by atoms with E-state index in [9.17, 15) is 0 Å². The van der Waals surface area contributed by atoms with Crippen molar-refractivity contribution >= 4 is 115 Å². The summed E-state index contributed by atoms with van der Waals surface area (Å²) in [5.74, 6) is 3.41. The molecule has 278 valence electrons. The molecule has 0 spiro atoms. The molecule has 60 heavy (non-hydrogen) atoms. The van der Waals surface area contributed by atoms with E-state index in [2.05, 4.69) is 194 Å². The quantitative estimate of drug-likeness (QED) is 0.172. The Balaban J connectivity index is 1.14. The van der Waals surface area contributed by atoms with E-state index in [1.807, 2.05) is 18.5 Å². The minimum atomic E-state index is -0.242. The summed E-state index contributed by atoms with van der Waals surface area (Å²) in [4.78, 5) is 30.1. The molecule has 0 bridgehead atoms. The normalized spacial score (nSPS) is 13.8. The Morgan fingerprint density at radius 3 is 1.52 bits per heavy atom. The molecule has 0 saturated heterocycles. The lowest BCUT2D eigenvalue weighted by Crippen LogP contribution is -2.66. The van der Waals surface area contributed by atoms with Gasteiger partial charge in [-0.2, -0.15) is 0 Å². The number of para-hydroxylation sites is 5. The van der Waals surface area contributed by atoms with Gasteiger partial charge in [-0.15, -0.1) is 0 Å². The fourth-order valence-electron chi connectivity index (χ4n) is 10.1. The highest BCUT2D eigenvalue weighted by Gasteiger charge is 2.49. The van der Waals surface area contributed by atoms with Crippen LogP contribution in [0.2, 0.25) is 0 Å². The van der Waals surface area contributed by atoms with Gasteiger partial charge in [0, 0.05) is 57.9 Å². The zero-order chi connectivity index (χ0) is 39.3. The fraction of sp³-hybridized carbons (Fsp3) is 0. The van der Waals surface area contributed by atoms with Crippen molar-refractivity contribution in [3.05, 3.63) is 195 Å². The molecular formula is C50H32B2N8. The van der Waals surface area contributed by atoms with Crippen LogP contribution in [-0.4, -0.2) is 33.4 Å². The van der Waals surface area contributed by atoms with Crippen LogP contribution in [0.1, 0.15) is 0 Å². The van der Waals surface area contributed by atoms with Crippen molar-refractivity contribution in [3.8, 4) is 0 Å². The van der Waals surface area contributed by atoms with Crippen molar-refractivity contribution in [2.45, 2.75) is 0 Å². The first-order chi connectivity index (χ1) is 29.8. The third kappa shape index (κ3) is 4.58. The van der Waals surface area contributed by atoms with Gasteiger partial charge in [0.05, 0.1) is 0 Å². The molecule has 0 N–H and O–H groups in total. The lowest BCUT2D eigenvalue weighted by atomic mass is 9.31. The Morgan fingerprint density at radius 1 is 0.350 bits per heavy atom. The first kappa shape index (κ1) is 33.0. The van der Waals surface area contributed by atoms with Crippen LogP contribution < -0.4 is 52.4 Å². The van der Waals surface area contributed by atoms with Crippen molar-refractivity contribution in [1.82, 2.24) is 19.9 Å². The summed E-state index contributed by atoms with van der Waals surface area (Å²) in [7, 11) is 0. The Bertz CT molecular complexity index is 2940. The summed E-state index contributed by atoms with van der Waals surface area (Å²) in [5, 5.41) is 0. The van der Waals surface area contributed by atoms with Gasteiger partial charge in [0.2, 0.25) is 0 Å². The fourth-order valence-corrected chi connectivity index (χ4v) is 10.1. The first-order valence-corrected chi connectivity index (χ1v) is 20.3. The van der Waals surface area contributed by atoms with Gasteiger partial charge in [0.15, 0.2) is 0 Å². The predicted octanol–water partition coefficient (Wildman–Crippen LogP) is 7.43. The molecule has 13 rings (SSSR count). The number of hydrogen-bond acceptors (Lipinski definition) is 8. The lowest BCUT2D eigenvalue weighted by Gasteiger charge is -2.45. The average molecular weight is 766 g/mol. The van der Waals surface area contributed by atoms with Crippen LogP contribution in [0, 0.1) is 0 Å². The SMILES string of the molecule is c1ccc(N2c3ccccc3B3c4cc5c(nc4N(c4ccccc4)c4cccc2c43)N(c2ccccc2)c2nccc3c2B5c2cncnc2N3c2ccccc2)cc1. The highest BCUT2D eigenvalue weighted by atomic mass is 15.3. The second kappa shape index (κ2) is 12.8. The third-order valence-corrected chi connectivity index (χ3v) is 12.4. The van der Waals surface area contributed by atoms with Crippen LogP contribution in [-0.2, 0) is 0 Å². The van der Waals surface area contributed by atoms with Crippen LogP contribution in [0.4, 0.5) is 68.8 Å². The predicted molar refractivity (Wildman–Crippen MR) is 246 cm³/mol. The van der Waals surface area contributed by atoms with Gasteiger partial charge in [-0.3, -0.25) is 14.7 Å². The molecule has 9 aromatic rings. The van der Waals surface area contributed by atoms with Crippen LogP contribution in [0.15, 0.2) is 195 Å². The highest BCUT2D eigenvalue weighted by molar-refractivity contribution is 7.03. The monoisotopic (exact) mass is 766 g/mol. The number of aromatic nitrogens is 4. The number of benzene rings is 6. The van der Waals surface area contributed by atoms with E-state index in [0.29, 0.717) is 0 Å². The Morgan fingerprint density at radius 2 is 0.850 bits per heavy atom. The van der Waals surface area contributed by atoms with E-state index in [4.69, 9.17) is 15.0 Å². The number of rotatable bonds is 4. The molecule has 4 aliphatic heterocycles. The summed E-state index contributed by atoms with van der Waals surface area (Å²) in [5.41, 5.74) is 15.4. The maximum atomic E-state index is 5.92. The number of pyridine rings is 2. The molecule has 8 nitrogen and oxygen atoms in total. The molecule has 10 heteroatoms. The van der Waals surface area contributed by atoms with Gasteiger partial charge in [-0.1, -0.05) is 103 Å². The van der Waals surface area contributed by atoms with Gasteiger partial charge in [0.1, 0.15) is 29.6 Å². The third-order valence-electron chi connectivity index (χ3n) is 12.4. The number of hydrogen-bond donors (Lipinski definition) is 0. The zero-order valence-electron chi connectivity index (χ0n) is 32.2. The molecule has 0 saturated carbocycles. The molecule has 6 aromatic carbocycles. The van der Waals surface area contributed by atoms with Crippen molar-refractivity contribution in [3.63, 3.8) is 0 Å². The molecular weight excluding hydrogens is 734 g/mol.